The van der Waals surface area contributed by atoms with Gasteiger partial charge in [-0.15, -0.1) is 0 Å². The first-order valence-electron chi connectivity index (χ1n) is 9.73. The highest BCUT2D eigenvalue weighted by molar-refractivity contribution is 7.89. The molecule has 0 radical (unpaired) electrons. The number of hydrogen-bond acceptors (Lipinski definition) is 4. The monoisotopic (exact) mass is 412 g/mol. The molecule has 152 valence electrons. The Kier molecular flexibility index (Phi) is 5.38. The molecule has 3 aromatic rings. The molecular formula is C21H24N4O3S. The van der Waals surface area contributed by atoms with Crippen molar-refractivity contribution >= 4 is 26.8 Å². The van der Waals surface area contributed by atoms with Gasteiger partial charge in [0.1, 0.15) is 5.69 Å². The molecule has 2 aromatic heterocycles. The van der Waals surface area contributed by atoms with Crippen molar-refractivity contribution in [3.8, 4) is 0 Å². The van der Waals surface area contributed by atoms with Crippen LogP contribution in [-0.2, 0) is 23.6 Å². The van der Waals surface area contributed by atoms with Crippen molar-refractivity contribution in [2.75, 3.05) is 13.1 Å². The van der Waals surface area contributed by atoms with E-state index < -0.39 is 10.0 Å². The van der Waals surface area contributed by atoms with Crippen LogP contribution in [0.5, 0.6) is 0 Å². The van der Waals surface area contributed by atoms with Crippen molar-refractivity contribution in [3.05, 3.63) is 60.0 Å². The van der Waals surface area contributed by atoms with Gasteiger partial charge in [-0.2, -0.15) is 4.31 Å². The Labute approximate surface area is 170 Å². The molecule has 0 bridgehead atoms. The van der Waals surface area contributed by atoms with E-state index in [1.807, 2.05) is 12.1 Å². The van der Waals surface area contributed by atoms with Crippen LogP contribution in [0.2, 0.25) is 0 Å². The van der Waals surface area contributed by atoms with Crippen molar-refractivity contribution in [1.82, 2.24) is 19.2 Å². The minimum Gasteiger partial charge on any atom is -0.347 e. The standard InChI is InChI=1S/C21H24N4O3S/c1-24-19-8-7-18(29(27,28)25-10-3-2-4-11-25)12-17(19)13-20(24)21(26)23-15-16-6-5-9-22-14-16/h5-9,12-14H,2-4,10-11,15H2,1H3,(H,23,26). The fourth-order valence-electron chi connectivity index (χ4n) is 3.74. The molecule has 1 N–H and O–H groups in total. The molecule has 1 fully saturated rings. The van der Waals surface area contributed by atoms with Gasteiger partial charge >= 0.3 is 0 Å². The summed E-state index contributed by atoms with van der Waals surface area (Å²) in [6.45, 7) is 1.51. The van der Waals surface area contributed by atoms with Crippen molar-refractivity contribution in [3.63, 3.8) is 0 Å². The van der Waals surface area contributed by atoms with E-state index in [9.17, 15) is 13.2 Å². The average molecular weight is 413 g/mol. The maximum atomic E-state index is 12.9. The number of hydrogen-bond donors (Lipinski definition) is 1. The van der Waals surface area contributed by atoms with Crippen LogP contribution in [0.15, 0.2) is 53.7 Å². The van der Waals surface area contributed by atoms with E-state index in [2.05, 4.69) is 10.3 Å². The molecule has 7 nitrogen and oxygen atoms in total. The highest BCUT2D eigenvalue weighted by Crippen LogP contribution is 2.26. The van der Waals surface area contributed by atoms with Crippen LogP contribution >= 0.6 is 0 Å². The highest BCUT2D eigenvalue weighted by Gasteiger charge is 2.26. The summed E-state index contributed by atoms with van der Waals surface area (Å²) in [5.41, 5.74) is 2.21. The Morgan fingerprint density at radius 3 is 2.66 bits per heavy atom. The Morgan fingerprint density at radius 1 is 1.14 bits per heavy atom. The molecule has 29 heavy (non-hydrogen) atoms. The van der Waals surface area contributed by atoms with Crippen molar-refractivity contribution in [2.45, 2.75) is 30.7 Å². The van der Waals surface area contributed by atoms with Gasteiger partial charge in [0.2, 0.25) is 10.0 Å². The summed E-state index contributed by atoms with van der Waals surface area (Å²) in [6, 6.07) is 10.5. The zero-order chi connectivity index (χ0) is 20.4. The summed E-state index contributed by atoms with van der Waals surface area (Å²) >= 11 is 0. The molecular weight excluding hydrogens is 388 g/mol. The maximum absolute atomic E-state index is 12.9. The number of aryl methyl sites for hydroxylation is 1. The second-order valence-electron chi connectivity index (χ2n) is 7.32. The molecule has 1 aromatic carbocycles. The van der Waals surface area contributed by atoms with Gasteiger partial charge in [-0.05, 0) is 48.7 Å². The van der Waals surface area contributed by atoms with Crippen molar-refractivity contribution < 1.29 is 13.2 Å². The van der Waals surface area contributed by atoms with E-state index in [1.54, 1.807) is 52.6 Å². The number of carbonyl (C=O) groups excluding carboxylic acids is 1. The number of carbonyl (C=O) groups is 1. The van der Waals surface area contributed by atoms with Gasteiger partial charge in [-0.25, -0.2) is 8.42 Å². The van der Waals surface area contributed by atoms with Crippen LogP contribution in [0.1, 0.15) is 35.3 Å². The second-order valence-corrected chi connectivity index (χ2v) is 9.26. The van der Waals surface area contributed by atoms with E-state index in [0.717, 1.165) is 35.7 Å². The summed E-state index contributed by atoms with van der Waals surface area (Å²) in [5, 5.41) is 3.62. The molecule has 0 aliphatic carbocycles. The molecule has 0 spiro atoms. The zero-order valence-corrected chi connectivity index (χ0v) is 17.2. The smallest absolute Gasteiger partial charge is 0.268 e. The van der Waals surface area contributed by atoms with E-state index in [0.29, 0.717) is 25.3 Å². The summed E-state index contributed by atoms with van der Waals surface area (Å²) in [4.78, 5) is 17.0. The van der Waals surface area contributed by atoms with E-state index >= 15 is 0 Å². The first-order chi connectivity index (χ1) is 14.0. The normalized spacial score (nSPS) is 15.5. The molecule has 8 heteroatoms. The molecule has 3 heterocycles. The van der Waals surface area contributed by atoms with E-state index in [1.165, 1.54) is 0 Å². The summed E-state index contributed by atoms with van der Waals surface area (Å²) < 4.78 is 29.2. The lowest BCUT2D eigenvalue weighted by Crippen LogP contribution is -2.35. The second kappa shape index (κ2) is 7.96. The number of pyridine rings is 1. The van der Waals surface area contributed by atoms with Gasteiger partial charge in [0.25, 0.3) is 5.91 Å². The molecule has 1 saturated heterocycles. The molecule has 1 aliphatic rings. The lowest BCUT2D eigenvalue weighted by Gasteiger charge is -2.25. The minimum atomic E-state index is -3.51. The van der Waals surface area contributed by atoms with Crippen molar-refractivity contribution in [1.29, 1.82) is 0 Å². The Bertz CT molecular complexity index is 1130. The average Bonchev–Trinajstić information content (AvgIpc) is 3.09. The summed E-state index contributed by atoms with van der Waals surface area (Å²) in [7, 11) is -1.70. The van der Waals surface area contributed by atoms with Crippen LogP contribution in [0.3, 0.4) is 0 Å². The van der Waals surface area contributed by atoms with Gasteiger partial charge in [0.05, 0.1) is 4.90 Å². The minimum absolute atomic E-state index is 0.215. The topological polar surface area (TPSA) is 84.3 Å². The summed E-state index contributed by atoms with van der Waals surface area (Å²) in [6.07, 6.45) is 6.26. The predicted octanol–water partition coefficient (Wildman–Crippen LogP) is 2.68. The number of piperidine rings is 1. The molecule has 0 unspecified atom stereocenters. The number of amides is 1. The molecule has 1 aliphatic heterocycles. The number of aromatic nitrogens is 2. The lowest BCUT2D eigenvalue weighted by atomic mass is 10.2. The quantitative estimate of drug-likeness (QED) is 0.698. The largest absolute Gasteiger partial charge is 0.347 e. The van der Waals surface area contributed by atoms with Gasteiger partial charge in [0.15, 0.2) is 0 Å². The Morgan fingerprint density at radius 2 is 1.93 bits per heavy atom. The fourth-order valence-corrected chi connectivity index (χ4v) is 5.29. The first kappa shape index (κ1) is 19.6. The fraction of sp³-hybridized carbons (Fsp3) is 0.333. The number of fused-ring (bicyclic) bond motifs is 1. The molecule has 1 amide bonds. The Balaban J connectivity index is 1.59. The van der Waals surface area contributed by atoms with Gasteiger partial charge < -0.3 is 9.88 Å². The van der Waals surface area contributed by atoms with Gasteiger partial charge in [0, 0.05) is 50.0 Å². The predicted molar refractivity (Wildman–Crippen MR) is 111 cm³/mol. The van der Waals surface area contributed by atoms with Gasteiger partial charge in [-0.3, -0.25) is 9.78 Å². The van der Waals surface area contributed by atoms with Crippen LogP contribution < -0.4 is 5.32 Å². The third kappa shape index (κ3) is 3.90. The maximum Gasteiger partial charge on any atom is 0.268 e. The summed E-state index contributed by atoms with van der Waals surface area (Å²) in [5.74, 6) is -0.215. The number of nitrogens with one attached hydrogen (secondary N) is 1. The zero-order valence-electron chi connectivity index (χ0n) is 16.3. The van der Waals surface area contributed by atoms with Gasteiger partial charge in [-0.1, -0.05) is 12.5 Å². The first-order valence-corrected chi connectivity index (χ1v) is 11.2. The molecule has 0 saturated carbocycles. The van der Waals surface area contributed by atoms with E-state index in [-0.39, 0.29) is 10.8 Å². The third-order valence-electron chi connectivity index (χ3n) is 5.38. The number of nitrogens with zero attached hydrogens (tertiary/aromatic N) is 3. The number of sulfonamides is 1. The van der Waals surface area contributed by atoms with Crippen LogP contribution in [0.25, 0.3) is 10.9 Å². The Hall–Kier alpha value is -2.71. The van der Waals surface area contributed by atoms with Crippen LogP contribution in [0.4, 0.5) is 0 Å². The SMILES string of the molecule is Cn1c(C(=O)NCc2cccnc2)cc2cc(S(=O)(=O)N3CCCCC3)ccc21. The third-order valence-corrected chi connectivity index (χ3v) is 7.27. The van der Waals surface area contributed by atoms with E-state index in [4.69, 9.17) is 0 Å². The molecule has 4 rings (SSSR count). The van der Waals surface area contributed by atoms with Crippen LogP contribution in [0, 0.1) is 0 Å². The highest BCUT2D eigenvalue weighted by atomic mass is 32.2. The lowest BCUT2D eigenvalue weighted by molar-refractivity contribution is 0.0943. The van der Waals surface area contributed by atoms with Crippen molar-refractivity contribution in [2.24, 2.45) is 7.05 Å². The molecule has 0 atom stereocenters. The number of benzene rings is 1. The van der Waals surface area contributed by atoms with Crippen LogP contribution in [-0.4, -0.2) is 41.3 Å². The number of rotatable bonds is 5.